The van der Waals surface area contributed by atoms with Crippen molar-refractivity contribution in [1.29, 1.82) is 0 Å². The highest BCUT2D eigenvalue weighted by Gasteiger charge is 2.14. The van der Waals surface area contributed by atoms with Crippen molar-refractivity contribution in [3.05, 3.63) is 47.9 Å². The molecule has 7 heteroatoms. The van der Waals surface area contributed by atoms with Crippen molar-refractivity contribution in [2.24, 2.45) is 0 Å². The first-order valence-electron chi connectivity index (χ1n) is 8.27. The summed E-state index contributed by atoms with van der Waals surface area (Å²) in [6, 6.07) is 9.88. The summed E-state index contributed by atoms with van der Waals surface area (Å²) in [5, 5.41) is 3.63. The van der Waals surface area contributed by atoms with E-state index in [0.717, 1.165) is 48.2 Å². The number of nitrogens with one attached hydrogen (secondary N) is 1. The molecule has 6 nitrogen and oxygen atoms in total. The van der Waals surface area contributed by atoms with E-state index in [1.54, 1.807) is 6.20 Å². The Kier molecular flexibility index (Phi) is 4.48. The predicted octanol–water partition coefficient (Wildman–Crippen LogP) is 2.92. The van der Waals surface area contributed by atoms with Crippen LogP contribution in [0.1, 0.15) is 0 Å². The zero-order valence-electron chi connectivity index (χ0n) is 14.0. The second-order valence-electron chi connectivity index (χ2n) is 6.21. The zero-order chi connectivity index (χ0) is 17.2. The number of hydrogen-bond acceptors (Lipinski definition) is 6. The Morgan fingerprint density at radius 2 is 1.92 bits per heavy atom. The maximum Gasteiger partial charge on any atom is 0.238 e. The van der Waals surface area contributed by atoms with E-state index in [2.05, 4.69) is 37.3 Å². The summed E-state index contributed by atoms with van der Waals surface area (Å²) in [4.78, 5) is 15.5. The summed E-state index contributed by atoms with van der Waals surface area (Å²) in [5.74, 6) is 0.629. The van der Waals surface area contributed by atoms with Crippen LogP contribution in [-0.2, 0) is 0 Å². The summed E-state index contributed by atoms with van der Waals surface area (Å²) in [7, 11) is 2.13. The molecule has 3 heterocycles. The van der Waals surface area contributed by atoms with Gasteiger partial charge in [-0.3, -0.25) is 5.43 Å². The van der Waals surface area contributed by atoms with E-state index in [4.69, 9.17) is 11.6 Å². The number of hydrazine groups is 1. The maximum absolute atomic E-state index is 6.19. The predicted molar refractivity (Wildman–Crippen MR) is 100 cm³/mol. The standard InChI is InChI=1S/C18H19ClN6/c1-24-7-9-25(10-8-24)23-18-21-12-14-11-13(4-5-16(14)22-18)15-3-2-6-20-17(15)19/h2-6,11-12H,7-10H2,1H3,(H,21,22,23). The smallest absolute Gasteiger partial charge is 0.238 e. The lowest BCUT2D eigenvalue weighted by atomic mass is 10.1. The molecule has 0 spiro atoms. The summed E-state index contributed by atoms with van der Waals surface area (Å²) in [5.41, 5.74) is 6.12. The van der Waals surface area contributed by atoms with E-state index in [9.17, 15) is 0 Å². The van der Waals surface area contributed by atoms with E-state index in [1.807, 2.05) is 36.5 Å². The average molecular weight is 355 g/mol. The molecule has 1 aromatic carbocycles. The fraction of sp³-hybridized carbons (Fsp3) is 0.278. The van der Waals surface area contributed by atoms with E-state index >= 15 is 0 Å². The molecular formula is C18H19ClN6. The number of anilines is 1. The van der Waals surface area contributed by atoms with Gasteiger partial charge >= 0.3 is 0 Å². The molecule has 2 aromatic heterocycles. The number of piperazine rings is 1. The van der Waals surface area contributed by atoms with Crippen molar-refractivity contribution in [1.82, 2.24) is 24.9 Å². The van der Waals surface area contributed by atoms with Crippen molar-refractivity contribution in [2.45, 2.75) is 0 Å². The Bertz CT molecular complexity index is 892. The minimum atomic E-state index is 0.496. The number of aromatic nitrogens is 3. The Balaban J connectivity index is 1.58. The number of nitrogens with zero attached hydrogens (tertiary/aromatic N) is 5. The Morgan fingerprint density at radius 1 is 1.08 bits per heavy atom. The molecule has 1 fully saturated rings. The van der Waals surface area contributed by atoms with Gasteiger partial charge in [-0.25, -0.2) is 20.0 Å². The largest absolute Gasteiger partial charge is 0.304 e. The number of benzene rings is 1. The SMILES string of the molecule is CN1CCN(Nc2ncc3cc(-c4cccnc4Cl)ccc3n2)CC1. The first kappa shape index (κ1) is 16.2. The molecule has 1 aliphatic heterocycles. The molecular weight excluding hydrogens is 336 g/mol. The van der Waals surface area contributed by atoms with Crippen molar-refractivity contribution in [3.63, 3.8) is 0 Å². The van der Waals surface area contributed by atoms with Crippen molar-refractivity contribution in [2.75, 3.05) is 38.7 Å². The van der Waals surface area contributed by atoms with E-state index in [-0.39, 0.29) is 0 Å². The highest BCUT2D eigenvalue weighted by molar-refractivity contribution is 6.32. The molecule has 4 rings (SSSR count). The van der Waals surface area contributed by atoms with Gasteiger partial charge in [0.05, 0.1) is 5.52 Å². The summed E-state index contributed by atoms with van der Waals surface area (Å²) in [6.07, 6.45) is 3.53. The molecule has 1 N–H and O–H groups in total. The minimum Gasteiger partial charge on any atom is -0.304 e. The molecule has 3 aromatic rings. The van der Waals surface area contributed by atoms with Crippen molar-refractivity contribution < 1.29 is 0 Å². The Morgan fingerprint density at radius 3 is 2.72 bits per heavy atom. The van der Waals surface area contributed by atoms with Crippen molar-refractivity contribution >= 4 is 28.5 Å². The second kappa shape index (κ2) is 6.92. The fourth-order valence-corrected chi connectivity index (χ4v) is 3.14. The summed E-state index contributed by atoms with van der Waals surface area (Å²) >= 11 is 6.19. The second-order valence-corrected chi connectivity index (χ2v) is 6.57. The monoisotopic (exact) mass is 354 g/mol. The van der Waals surface area contributed by atoms with E-state index in [1.165, 1.54) is 0 Å². The van der Waals surface area contributed by atoms with E-state index < -0.39 is 0 Å². The molecule has 128 valence electrons. The Hall–Kier alpha value is -2.28. The molecule has 0 radical (unpaired) electrons. The van der Waals surface area contributed by atoms with Gasteiger partial charge in [0, 0.05) is 49.5 Å². The van der Waals surface area contributed by atoms with Gasteiger partial charge in [0.25, 0.3) is 0 Å². The third-order valence-corrected chi connectivity index (χ3v) is 4.71. The number of pyridine rings is 1. The van der Waals surface area contributed by atoms with Crippen LogP contribution in [0.5, 0.6) is 0 Å². The van der Waals surface area contributed by atoms with Crippen LogP contribution in [0, 0.1) is 0 Å². The van der Waals surface area contributed by atoms with Crippen LogP contribution < -0.4 is 5.43 Å². The molecule has 1 aliphatic rings. The molecule has 0 bridgehead atoms. The van der Waals surface area contributed by atoms with Crippen LogP contribution in [0.2, 0.25) is 5.15 Å². The number of hydrogen-bond donors (Lipinski definition) is 1. The van der Waals surface area contributed by atoms with Crippen LogP contribution in [0.3, 0.4) is 0 Å². The number of rotatable bonds is 3. The van der Waals surface area contributed by atoms with Gasteiger partial charge in [0.1, 0.15) is 5.15 Å². The van der Waals surface area contributed by atoms with Crippen LogP contribution >= 0.6 is 11.6 Å². The van der Waals surface area contributed by atoms with Gasteiger partial charge in [-0.2, -0.15) is 0 Å². The van der Waals surface area contributed by atoms with Gasteiger partial charge in [-0.15, -0.1) is 0 Å². The topological polar surface area (TPSA) is 57.2 Å². The highest BCUT2D eigenvalue weighted by Crippen LogP contribution is 2.28. The molecule has 0 amide bonds. The lowest BCUT2D eigenvalue weighted by Gasteiger charge is -2.32. The van der Waals surface area contributed by atoms with Crippen LogP contribution in [-0.4, -0.2) is 58.1 Å². The first-order valence-corrected chi connectivity index (χ1v) is 8.65. The molecule has 25 heavy (non-hydrogen) atoms. The summed E-state index contributed by atoms with van der Waals surface area (Å²) < 4.78 is 0. The van der Waals surface area contributed by atoms with Crippen LogP contribution in [0.25, 0.3) is 22.0 Å². The van der Waals surface area contributed by atoms with Gasteiger partial charge < -0.3 is 4.90 Å². The van der Waals surface area contributed by atoms with Gasteiger partial charge in [0.2, 0.25) is 5.95 Å². The van der Waals surface area contributed by atoms with Gasteiger partial charge in [0.15, 0.2) is 0 Å². The number of fused-ring (bicyclic) bond motifs is 1. The molecule has 0 aliphatic carbocycles. The lowest BCUT2D eigenvalue weighted by Crippen LogP contribution is -2.47. The van der Waals surface area contributed by atoms with Crippen LogP contribution in [0.4, 0.5) is 5.95 Å². The van der Waals surface area contributed by atoms with Gasteiger partial charge in [-0.1, -0.05) is 17.7 Å². The maximum atomic E-state index is 6.19. The molecule has 0 unspecified atom stereocenters. The van der Waals surface area contributed by atoms with Gasteiger partial charge in [-0.05, 0) is 36.9 Å². The third kappa shape index (κ3) is 3.56. The third-order valence-electron chi connectivity index (χ3n) is 4.41. The molecule has 1 saturated heterocycles. The van der Waals surface area contributed by atoms with Crippen molar-refractivity contribution in [3.8, 4) is 11.1 Å². The fourth-order valence-electron chi connectivity index (χ4n) is 2.92. The minimum absolute atomic E-state index is 0.496. The normalized spacial score (nSPS) is 16.2. The molecule has 0 atom stereocenters. The first-order chi connectivity index (χ1) is 12.2. The quantitative estimate of drug-likeness (QED) is 0.730. The van der Waals surface area contributed by atoms with E-state index in [0.29, 0.717) is 11.1 Å². The Labute approximate surface area is 151 Å². The number of halogens is 1. The van der Waals surface area contributed by atoms with Crippen LogP contribution in [0.15, 0.2) is 42.7 Å². The number of likely N-dealkylation sites (N-methyl/N-ethyl adjacent to an activating group) is 1. The average Bonchev–Trinajstić information content (AvgIpc) is 2.64. The summed E-state index contributed by atoms with van der Waals surface area (Å²) in [6.45, 7) is 3.98. The highest BCUT2D eigenvalue weighted by atomic mass is 35.5. The zero-order valence-corrected chi connectivity index (χ0v) is 14.7. The molecule has 0 saturated carbocycles. The lowest BCUT2D eigenvalue weighted by molar-refractivity contribution is 0.178.